The number of aliphatic hydroxyl groups excluding tert-OH is 1. The Labute approximate surface area is 81.5 Å². The molecule has 0 saturated carbocycles. The molecule has 0 fully saturated rings. The molecule has 0 aromatic rings. The predicted octanol–water partition coefficient (Wildman–Crippen LogP) is 3.23. The fourth-order valence-corrected chi connectivity index (χ4v) is 0.827. The predicted molar refractivity (Wildman–Crippen MR) is 58.6 cm³/mol. The minimum Gasteiger partial charge on any atom is -0.389 e. The van der Waals surface area contributed by atoms with Crippen LogP contribution in [0.15, 0.2) is 36.5 Å². The van der Waals surface area contributed by atoms with E-state index in [0.717, 1.165) is 19.3 Å². The first-order valence-corrected chi connectivity index (χ1v) is 4.97. The first-order valence-electron chi connectivity index (χ1n) is 4.97. The van der Waals surface area contributed by atoms with Gasteiger partial charge in [0, 0.05) is 0 Å². The van der Waals surface area contributed by atoms with Crippen molar-refractivity contribution in [3.63, 3.8) is 0 Å². The second-order valence-electron chi connectivity index (χ2n) is 2.90. The van der Waals surface area contributed by atoms with Gasteiger partial charge in [-0.1, -0.05) is 50.3 Å². The molecule has 0 aliphatic rings. The molecule has 0 amide bonds. The molecule has 0 saturated heterocycles. The third-order valence-corrected chi connectivity index (χ3v) is 1.67. The first-order chi connectivity index (χ1) is 6.31. The zero-order valence-corrected chi connectivity index (χ0v) is 8.61. The van der Waals surface area contributed by atoms with Gasteiger partial charge in [0.1, 0.15) is 0 Å². The molecule has 1 unspecified atom stereocenters. The third-order valence-electron chi connectivity index (χ3n) is 1.67. The summed E-state index contributed by atoms with van der Waals surface area (Å²) in [5.74, 6) is 0. The highest BCUT2D eigenvalue weighted by Gasteiger charge is 1.88. The maximum atomic E-state index is 9.16. The molecule has 74 valence electrons. The van der Waals surface area contributed by atoms with Crippen molar-refractivity contribution in [3.8, 4) is 0 Å². The summed E-state index contributed by atoms with van der Waals surface area (Å²) >= 11 is 0. The van der Waals surface area contributed by atoms with Crippen molar-refractivity contribution in [2.75, 3.05) is 0 Å². The van der Waals surface area contributed by atoms with E-state index >= 15 is 0 Å². The van der Waals surface area contributed by atoms with Crippen LogP contribution in [0.5, 0.6) is 0 Å². The number of rotatable bonds is 6. The van der Waals surface area contributed by atoms with Gasteiger partial charge in [-0.2, -0.15) is 0 Å². The van der Waals surface area contributed by atoms with Crippen LogP contribution < -0.4 is 0 Å². The van der Waals surface area contributed by atoms with Gasteiger partial charge in [0.2, 0.25) is 0 Å². The van der Waals surface area contributed by atoms with Crippen molar-refractivity contribution < 1.29 is 5.11 Å². The van der Waals surface area contributed by atoms with Crippen LogP contribution in [0.4, 0.5) is 0 Å². The molecule has 0 aliphatic carbocycles. The number of allylic oxidation sites excluding steroid dienone is 5. The highest BCUT2D eigenvalue weighted by molar-refractivity contribution is 5.06. The molecule has 0 aliphatic heterocycles. The largest absolute Gasteiger partial charge is 0.389 e. The smallest absolute Gasteiger partial charge is 0.0721 e. The molecule has 13 heavy (non-hydrogen) atoms. The van der Waals surface area contributed by atoms with Gasteiger partial charge in [-0.15, -0.1) is 0 Å². The molecular formula is C12H20O. The first kappa shape index (κ1) is 12.2. The second-order valence-corrected chi connectivity index (χ2v) is 2.90. The molecule has 0 aromatic heterocycles. The molecule has 0 rings (SSSR count). The summed E-state index contributed by atoms with van der Waals surface area (Å²) in [6.45, 7) is 4.08. The lowest BCUT2D eigenvalue weighted by molar-refractivity contribution is 0.219. The van der Waals surface area contributed by atoms with E-state index in [1.807, 2.05) is 19.1 Å². The van der Waals surface area contributed by atoms with Crippen LogP contribution >= 0.6 is 0 Å². The molecule has 0 bridgehead atoms. The van der Waals surface area contributed by atoms with Gasteiger partial charge in [0.25, 0.3) is 0 Å². The lowest BCUT2D eigenvalue weighted by Crippen LogP contribution is -1.97. The second kappa shape index (κ2) is 9.27. The fraction of sp³-hybridized carbons (Fsp3) is 0.500. The van der Waals surface area contributed by atoms with Crippen molar-refractivity contribution in [2.24, 2.45) is 0 Å². The lowest BCUT2D eigenvalue weighted by Gasteiger charge is -1.95. The van der Waals surface area contributed by atoms with E-state index < -0.39 is 0 Å². The van der Waals surface area contributed by atoms with Gasteiger partial charge in [-0.25, -0.2) is 0 Å². The number of hydrogen-bond donors (Lipinski definition) is 1. The Morgan fingerprint density at radius 2 is 1.85 bits per heavy atom. The van der Waals surface area contributed by atoms with Crippen molar-refractivity contribution in [2.45, 2.75) is 39.2 Å². The summed E-state index contributed by atoms with van der Waals surface area (Å²) in [5, 5.41) is 9.16. The van der Waals surface area contributed by atoms with Crippen LogP contribution in [0.25, 0.3) is 0 Å². The summed E-state index contributed by atoms with van der Waals surface area (Å²) < 4.78 is 0. The molecule has 1 nitrogen and oxygen atoms in total. The van der Waals surface area contributed by atoms with Gasteiger partial charge in [-0.05, 0) is 19.3 Å². The minimum atomic E-state index is -0.296. The van der Waals surface area contributed by atoms with E-state index in [2.05, 4.69) is 25.2 Å². The maximum Gasteiger partial charge on any atom is 0.0721 e. The molecule has 1 heteroatoms. The van der Waals surface area contributed by atoms with E-state index in [4.69, 9.17) is 5.11 Å². The summed E-state index contributed by atoms with van der Waals surface area (Å²) in [6, 6.07) is 0. The molecule has 0 heterocycles. The Morgan fingerprint density at radius 1 is 1.08 bits per heavy atom. The Hall–Kier alpha value is -0.820. The Morgan fingerprint density at radius 3 is 2.46 bits per heavy atom. The molecule has 0 radical (unpaired) electrons. The molecule has 1 atom stereocenters. The highest BCUT2D eigenvalue weighted by Crippen LogP contribution is 1.93. The fourth-order valence-electron chi connectivity index (χ4n) is 0.827. The molecule has 1 N–H and O–H groups in total. The van der Waals surface area contributed by atoms with Crippen LogP contribution in [-0.4, -0.2) is 11.2 Å². The van der Waals surface area contributed by atoms with Gasteiger partial charge >= 0.3 is 0 Å². The summed E-state index contributed by atoms with van der Waals surface area (Å²) in [4.78, 5) is 0. The van der Waals surface area contributed by atoms with Gasteiger partial charge in [0.15, 0.2) is 0 Å². The van der Waals surface area contributed by atoms with E-state index in [0.29, 0.717) is 0 Å². The topological polar surface area (TPSA) is 20.2 Å². The summed E-state index contributed by atoms with van der Waals surface area (Å²) in [7, 11) is 0. The van der Waals surface area contributed by atoms with Crippen molar-refractivity contribution >= 4 is 0 Å². The zero-order valence-electron chi connectivity index (χ0n) is 8.61. The van der Waals surface area contributed by atoms with Crippen molar-refractivity contribution in [1.29, 1.82) is 0 Å². The van der Waals surface area contributed by atoms with Crippen molar-refractivity contribution in [3.05, 3.63) is 36.5 Å². The monoisotopic (exact) mass is 180 g/mol. The molecule has 0 aromatic carbocycles. The Bertz CT molecular complexity index is 178. The molecule has 0 spiro atoms. The highest BCUT2D eigenvalue weighted by atomic mass is 16.3. The van der Waals surface area contributed by atoms with E-state index in [9.17, 15) is 0 Å². The van der Waals surface area contributed by atoms with Crippen LogP contribution in [0.3, 0.4) is 0 Å². The van der Waals surface area contributed by atoms with Crippen LogP contribution in [0.2, 0.25) is 0 Å². The van der Waals surface area contributed by atoms with Crippen LogP contribution in [0.1, 0.15) is 33.1 Å². The Balaban J connectivity index is 3.51. The standard InChI is InChI=1S/C12H20O/c1-3-5-6-7-8-9-10-11-12(13)4-2/h5-6,8-13H,3-4,7H2,1-2H3/b6-5-,9-8-,11-10+. The van der Waals surface area contributed by atoms with Gasteiger partial charge < -0.3 is 5.11 Å². The SMILES string of the molecule is CC/C=C\C/C=C\C=C\C(O)CC. The average Bonchev–Trinajstić information content (AvgIpc) is 2.16. The van der Waals surface area contributed by atoms with Crippen LogP contribution in [0, 0.1) is 0 Å². The summed E-state index contributed by atoms with van der Waals surface area (Å²) in [5.41, 5.74) is 0. The lowest BCUT2D eigenvalue weighted by atomic mass is 10.2. The minimum absolute atomic E-state index is 0.296. The number of hydrogen-bond acceptors (Lipinski definition) is 1. The average molecular weight is 180 g/mol. The van der Waals surface area contributed by atoms with Gasteiger partial charge in [-0.3, -0.25) is 0 Å². The third kappa shape index (κ3) is 9.09. The van der Waals surface area contributed by atoms with E-state index in [1.54, 1.807) is 6.08 Å². The summed E-state index contributed by atoms with van der Waals surface area (Å²) in [6.07, 6.45) is 14.6. The van der Waals surface area contributed by atoms with E-state index in [1.165, 1.54) is 0 Å². The molecular weight excluding hydrogens is 160 g/mol. The van der Waals surface area contributed by atoms with Crippen LogP contribution in [-0.2, 0) is 0 Å². The normalized spacial score (nSPS) is 15.0. The zero-order chi connectivity index (χ0) is 9.94. The quantitative estimate of drug-likeness (QED) is 0.491. The van der Waals surface area contributed by atoms with Gasteiger partial charge in [0.05, 0.1) is 6.10 Å². The number of aliphatic hydroxyl groups is 1. The van der Waals surface area contributed by atoms with E-state index in [-0.39, 0.29) is 6.10 Å². The maximum absolute atomic E-state index is 9.16. The van der Waals surface area contributed by atoms with Crippen molar-refractivity contribution in [1.82, 2.24) is 0 Å². The Kier molecular flexibility index (Phi) is 8.68.